The van der Waals surface area contributed by atoms with Gasteiger partial charge in [0.05, 0.1) is 0 Å². The normalized spacial score (nSPS) is 18.2. The zero-order valence-corrected chi connectivity index (χ0v) is 12.6. The quantitative estimate of drug-likeness (QED) is 0.559. The number of hydrogen-bond donors (Lipinski definition) is 0. The number of nitrogens with zero attached hydrogens (tertiary/aromatic N) is 1. The monoisotopic (exact) mass is 245 g/mol. The summed E-state index contributed by atoms with van der Waals surface area (Å²) in [5, 5.41) is 0. The number of hydrogen-bond acceptors (Lipinski definition) is 1. The summed E-state index contributed by atoms with van der Waals surface area (Å²) in [6, 6.07) is 0. The minimum atomic E-state index is 1.01. The van der Waals surface area contributed by atoms with Crippen LogP contribution in [0.25, 0.3) is 0 Å². The van der Waals surface area contributed by atoms with E-state index in [0.29, 0.717) is 0 Å². The van der Waals surface area contributed by atoms with Crippen molar-refractivity contribution < 1.29 is 0 Å². The third kappa shape index (κ3) is 3.69. The summed E-state index contributed by atoms with van der Waals surface area (Å²) in [5.74, 6) is 0. The standard InChI is InChI=1S/C17H27N/c1-6-10-15-13(4)11-9-12-16(15)17(8-3)18-14(5)7-2/h7,12H,6,8-11H2,1-5H3/b14-7-,18-17?. The molecule has 1 aliphatic carbocycles. The average molecular weight is 245 g/mol. The van der Waals surface area contributed by atoms with E-state index in [0.717, 1.165) is 12.1 Å². The first-order valence-electron chi connectivity index (χ1n) is 7.24. The van der Waals surface area contributed by atoms with Crippen molar-refractivity contribution >= 4 is 5.71 Å². The fourth-order valence-electron chi connectivity index (χ4n) is 2.43. The molecule has 0 fully saturated rings. The predicted molar refractivity (Wildman–Crippen MR) is 82.1 cm³/mol. The molecule has 0 amide bonds. The van der Waals surface area contributed by atoms with E-state index in [-0.39, 0.29) is 0 Å². The first-order chi connectivity index (χ1) is 8.63. The lowest BCUT2D eigenvalue weighted by atomic mass is 9.85. The van der Waals surface area contributed by atoms with E-state index in [1.165, 1.54) is 37.0 Å². The Kier molecular flexibility index (Phi) is 6.11. The Morgan fingerprint density at radius 2 is 2.11 bits per heavy atom. The van der Waals surface area contributed by atoms with Crippen LogP contribution in [0, 0.1) is 0 Å². The van der Waals surface area contributed by atoms with Gasteiger partial charge in [-0.05, 0) is 57.6 Å². The van der Waals surface area contributed by atoms with Crippen LogP contribution in [0.1, 0.15) is 66.7 Å². The van der Waals surface area contributed by atoms with Crippen LogP contribution in [0.2, 0.25) is 0 Å². The van der Waals surface area contributed by atoms with E-state index in [2.05, 4.69) is 46.8 Å². The van der Waals surface area contributed by atoms with Gasteiger partial charge in [-0.15, -0.1) is 0 Å². The van der Waals surface area contributed by atoms with Gasteiger partial charge in [-0.2, -0.15) is 0 Å². The molecule has 18 heavy (non-hydrogen) atoms. The number of allylic oxidation sites excluding steroid dienone is 6. The smallest absolute Gasteiger partial charge is 0.0475 e. The molecule has 100 valence electrons. The lowest BCUT2D eigenvalue weighted by Crippen LogP contribution is -2.10. The van der Waals surface area contributed by atoms with Crippen LogP contribution < -0.4 is 0 Å². The van der Waals surface area contributed by atoms with Gasteiger partial charge in [0, 0.05) is 11.4 Å². The molecule has 1 heteroatoms. The molecule has 0 N–H and O–H groups in total. The molecule has 0 aromatic carbocycles. The van der Waals surface area contributed by atoms with Crippen LogP contribution in [-0.4, -0.2) is 5.71 Å². The van der Waals surface area contributed by atoms with Gasteiger partial charge in [0.25, 0.3) is 0 Å². The number of aliphatic imine (C=N–C) groups is 1. The zero-order chi connectivity index (χ0) is 13.5. The molecule has 0 spiro atoms. The molecule has 0 aromatic rings. The van der Waals surface area contributed by atoms with E-state index in [1.54, 1.807) is 11.1 Å². The van der Waals surface area contributed by atoms with Crippen molar-refractivity contribution in [1.29, 1.82) is 0 Å². The second kappa shape index (κ2) is 7.35. The predicted octanol–water partition coefficient (Wildman–Crippen LogP) is 5.60. The van der Waals surface area contributed by atoms with E-state index in [1.807, 2.05) is 0 Å². The molecule has 0 heterocycles. The Morgan fingerprint density at radius 3 is 2.67 bits per heavy atom. The highest BCUT2D eigenvalue weighted by Gasteiger charge is 2.16. The molecular weight excluding hydrogens is 218 g/mol. The molecule has 0 radical (unpaired) electrons. The zero-order valence-electron chi connectivity index (χ0n) is 12.6. The molecule has 0 saturated heterocycles. The Morgan fingerprint density at radius 1 is 1.39 bits per heavy atom. The van der Waals surface area contributed by atoms with Crippen LogP contribution >= 0.6 is 0 Å². The van der Waals surface area contributed by atoms with E-state index < -0.39 is 0 Å². The van der Waals surface area contributed by atoms with Crippen LogP contribution in [-0.2, 0) is 0 Å². The van der Waals surface area contributed by atoms with Crippen LogP contribution in [0.15, 0.2) is 39.6 Å². The van der Waals surface area contributed by atoms with Crippen molar-refractivity contribution in [2.24, 2.45) is 4.99 Å². The molecular formula is C17H27N. The van der Waals surface area contributed by atoms with Crippen LogP contribution in [0.5, 0.6) is 0 Å². The van der Waals surface area contributed by atoms with Gasteiger partial charge in [0.1, 0.15) is 0 Å². The van der Waals surface area contributed by atoms with Gasteiger partial charge in [0.2, 0.25) is 0 Å². The molecule has 1 nitrogen and oxygen atoms in total. The van der Waals surface area contributed by atoms with Crippen molar-refractivity contribution in [1.82, 2.24) is 0 Å². The topological polar surface area (TPSA) is 12.4 Å². The summed E-state index contributed by atoms with van der Waals surface area (Å²) in [7, 11) is 0. The van der Waals surface area contributed by atoms with Crippen molar-refractivity contribution in [3.8, 4) is 0 Å². The largest absolute Gasteiger partial charge is 0.258 e. The Hall–Kier alpha value is -1.11. The molecule has 1 rings (SSSR count). The minimum Gasteiger partial charge on any atom is -0.258 e. The molecule has 0 saturated carbocycles. The van der Waals surface area contributed by atoms with Gasteiger partial charge < -0.3 is 0 Å². The molecule has 0 aliphatic heterocycles. The van der Waals surface area contributed by atoms with Gasteiger partial charge in [0.15, 0.2) is 0 Å². The van der Waals surface area contributed by atoms with Crippen LogP contribution in [0.4, 0.5) is 0 Å². The van der Waals surface area contributed by atoms with E-state index >= 15 is 0 Å². The maximum atomic E-state index is 4.78. The fourth-order valence-corrected chi connectivity index (χ4v) is 2.43. The highest BCUT2D eigenvalue weighted by atomic mass is 14.7. The first kappa shape index (κ1) is 14.9. The summed E-state index contributed by atoms with van der Waals surface area (Å²) >= 11 is 0. The average Bonchev–Trinajstić information content (AvgIpc) is 2.38. The lowest BCUT2D eigenvalue weighted by Gasteiger charge is -2.21. The maximum Gasteiger partial charge on any atom is 0.0475 e. The Bertz CT molecular complexity index is 405. The highest BCUT2D eigenvalue weighted by molar-refractivity contribution is 6.04. The minimum absolute atomic E-state index is 1.01. The summed E-state index contributed by atoms with van der Waals surface area (Å²) in [6.07, 6.45) is 10.3. The molecule has 0 aromatic heterocycles. The highest BCUT2D eigenvalue weighted by Crippen LogP contribution is 2.30. The van der Waals surface area contributed by atoms with Gasteiger partial charge in [-0.25, -0.2) is 0 Å². The summed E-state index contributed by atoms with van der Waals surface area (Å²) < 4.78 is 0. The summed E-state index contributed by atoms with van der Waals surface area (Å²) in [5.41, 5.74) is 6.91. The van der Waals surface area contributed by atoms with E-state index in [9.17, 15) is 0 Å². The van der Waals surface area contributed by atoms with Crippen molar-refractivity contribution in [3.05, 3.63) is 34.6 Å². The second-order valence-electron chi connectivity index (χ2n) is 5.01. The summed E-state index contributed by atoms with van der Waals surface area (Å²) in [4.78, 5) is 4.78. The summed E-state index contributed by atoms with van der Waals surface area (Å²) in [6.45, 7) is 10.9. The lowest BCUT2D eigenvalue weighted by molar-refractivity contribution is 0.847. The van der Waals surface area contributed by atoms with Gasteiger partial charge in [-0.1, -0.05) is 38.0 Å². The second-order valence-corrected chi connectivity index (χ2v) is 5.01. The molecule has 0 bridgehead atoms. The molecule has 0 atom stereocenters. The fraction of sp³-hybridized carbons (Fsp3) is 0.588. The first-order valence-corrected chi connectivity index (χ1v) is 7.24. The van der Waals surface area contributed by atoms with Gasteiger partial charge in [-0.3, -0.25) is 4.99 Å². The Balaban J connectivity index is 3.12. The van der Waals surface area contributed by atoms with Crippen molar-refractivity contribution in [2.75, 3.05) is 0 Å². The van der Waals surface area contributed by atoms with Gasteiger partial charge >= 0.3 is 0 Å². The maximum absolute atomic E-state index is 4.78. The molecule has 1 aliphatic rings. The SMILES string of the molecule is C/C=C(/C)N=C(CC)C1=CCCC(C)=C1CCC. The number of rotatable bonds is 5. The third-order valence-electron chi connectivity index (χ3n) is 3.58. The Labute approximate surface area is 112 Å². The van der Waals surface area contributed by atoms with Crippen molar-refractivity contribution in [3.63, 3.8) is 0 Å². The van der Waals surface area contributed by atoms with Crippen molar-refractivity contribution in [2.45, 2.75) is 66.7 Å². The third-order valence-corrected chi connectivity index (χ3v) is 3.58. The van der Waals surface area contributed by atoms with E-state index in [4.69, 9.17) is 4.99 Å². The van der Waals surface area contributed by atoms with Crippen LogP contribution in [0.3, 0.4) is 0 Å². The molecule has 0 unspecified atom stereocenters.